The van der Waals surface area contributed by atoms with Crippen molar-refractivity contribution in [2.75, 3.05) is 11.1 Å². The van der Waals surface area contributed by atoms with Gasteiger partial charge in [-0.15, -0.1) is 0 Å². The van der Waals surface area contributed by atoms with Crippen molar-refractivity contribution < 1.29 is 4.79 Å². The van der Waals surface area contributed by atoms with Gasteiger partial charge in [-0.05, 0) is 12.1 Å². The van der Waals surface area contributed by atoms with E-state index in [9.17, 15) is 4.79 Å². The molecule has 0 bridgehead atoms. The lowest BCUT2D eigenvalue weighted by Crippen LogP contribution is -1.95. The second-order valence-electron chi connectivity index (χ2n) is 3.13. The van der Waals surface area contributed by atoms with E-state index in [2.05, 4.69) is 15.3 Å². The van der Waals surface area contributed by atoms with Crippen LogP contribution in [-0.2, 0) is 0 Å². The van der Waals surface area contributed by atoms with E-state index in [1.54, 1.807) is 6.20 Å². The van der Waals surface area contributed by atoms with Crippen molar-refractivity contribution in [3.63, 3.8) is 0 Å². The van der Waals surface area contributed by atoms with Gasteiger partial charge in [0.1, 0.15) is 16.5 Å². The van der Waals surface area contributed by atoms with Crippen molar-refractivity contribution in [1.29, 1.82) is 0 Å². The average molecular weight is 234 g/mol. The van der Waals surface area contributed by atoms with Crippen molar-refractivity contribution >= 4 is 33.9 Å². The van der Waals surface area contributed by atoms with Crippen molar-refractivity contribution in [2.45, 2.75) is 6.92 Å². The first-order chi connectivity index (χ1) is 7.66. The summed E-state index contributed by atoms with van der Waals surface area (Å²) in [4.78, 5) is 19.8. The number of anilines is 3. The lowest BCUT2D eigenvalue weighted by molar-refractivity contribution is 0.102. The van der Waals surface area contributed by atoms with Crippen LogP contribution in [0.4, 0.5) is 16.8 Å². The van der Waals surface area contributed by atoms with Crippen molar-refractivity contribution in [1.82, 2.24) is 9.97 Å². The Labute approximate surface area is 96.3 Å². The van der Waals surface area contributed by atoms with Gasteiger partial charge in [0, 0.05) is 13.1 Å². The minimum Gasteiger partial charge on any atom is -0.382 e. The number of thiazole rings is 1. The maximum Gasteiger partial charge on any atom is 0.191 e. The summed E-state index contributed by atoms with van der Waals surface area (Å²) in [6.45, 7) is 1.47. The molecule has 3 N–H and O–H groups in total. The summed E-state index contributed by atoms with van der Waals surface area (Å²) in [7, 11) is 0. The number of ketones is 1. The smallest absolute Gasteiger partial charge is 0.191 e. The first kappa shape index (κ1) is 10.6. The van der Waals surface area contributed by atoms with E-state index in [1.807, 2.05) is 18.2 Å². The highest BCUT2D eigenvalue weighted by Gasteiger charge is 2.12. The van der Waals surface area contributed by atoms with Gasteiger partial charge in [-0.1, -0.05) is 17.4 Å². The summed E-state index contributed by atoms with van der Waals surface area (Å²) < 4.78 is 0. The largest absolute Gasteiger partial charge is 0.382 e. The van der Waals surface area contributed by atoms with Crippen LogP contribution < -0.4 is 11.1 Å². The molecule has 2 aromatic heterocycles. The van der Waals surface area contributed by atoms with Gasteiger partial charge in [-0.25, -0.2) is 9.97 Å². The van der Waals surface area contributed by atoms with E-state index in [4.69, 9.17) is 5.73 Å². The van der Waals surface area contributed by atoms with Crippen LogP contribution in [0.3, 0.4) is 0 Å². The molecule has 0 aromatic carbocycles. The third kappa shape index (κ3) is 2.17. The normalized spacial score (nSPS) is 10.1. The molecule has 2 aromatic rings. The standard InChI is InChI=1S/C10H10N4OS/c1-6(15)8-9(11)14-10(16-8)13-7-4-2-3-5-12-7/h2-5H,11H2,1H3,(H,12,13,14). The van der Waals surface area contributed by atoms with Crippen LogP contribution >= 0.6 is 11.3 Å². The molecule has 2 heterocycles. The van der Waals surface area contributed by atoms with Crippen molar-refractivity contribution in [2.24, 2.45) is 0 Å². The summed E-state index contributed by atoms with van der Waals surface area (Å²) in [6, 6.07) is 5.49. The van der Waals surface area contributed by atoms with Crippen LogP contribution in [0.1, 0.15) is 16.6 Å². The van der Waals surface area contributed by atoms with Crippen molar-refractivity contribution in [3.05, 3.63) is 29.3 Å². The molecule has 0 spiro atoms. The first-order valence-electron chi connectivity index (χ1n) is 4.62. The number of aromatic nitrogens is 2. The zero-order valence-electron chi connectivity index (χ0n) is 8.60. The van der Waals surface area contributed by atoms with Crippen LogP contribution in [0.25, 0.3) is 0 Å². The third-order valence-corrected chi connectivity index (χ3v) is 2.96. The molecule has 0 saturated carbocycles. The summed E-state index contributed by atoms with van der Waals surface area (Å²) >= 11 is 1.23. The number of rotatable bonds is 3. The Kier molecular flexibility index (Phi) is 2.82. The highest BCUT2D eigenvalue weighted by atomic mass is 32.1. The van der Waals surface area contributed by atoms with Gasteiger partial charge in [-0.3, -0.25) is 4.79 Å². The Morgan fingerprint density at radius 2 is 2.31 bits per heavy atom. The van der Waals surface area contributed by atoms with Crippen LogP contribution in [0.2, 0.25) is 0 Å². The second-order valence-corrected chi connectivity index (χ2v) is 4.13. The highest BCUT2D eigenvalue weighted by Crippen LogP contribution is 2.27. The summed E-state index contributed by atoms with van der Waals surface area (Å²) in [5, 5.41) is 3.55. The van der Waals surface area contributed by atoms with Gasteiger partial charge in [0.15, 0.2) is 10.9 Å². The zero-order chi connectivity index (χ0) is 11.5. The van der Waals surface area contributed by atoms with Gasteiger partial charge >= 0.3 is 0 Å². The van der Waals surface area contributed by atoms with Crippen LogP contribution in [0.15, 0.2) is 24.4 Å². The summed E-state index contributed by atoms with van der Waals surface area (Å²) in [5.74, 6) is 0.853. The third-order valence-electron chi connectivity index (χ3n) is 1.87. The van der Waals surface area contributed by atoms with Gasteiger partial charge < -0.3 is 11.1 Å². The predicted molar refractivity (Wildman–Crippen MR) is 64.1 cm³/mol. The number of nitrogens with zero attached hydrogens (tertiary/aromatic N) is 2. The molecule has 6 heteroatoms. The first-order valence-corrected chi connectivity index (χ1v) is 5.44. The molecule has 0 aliphatic carbocycles. The molecule has 0 aliphatic rings. The lowest BCUT2D eigenvalue weighted by atomic mass is 10.4. The van der Waals surface area contributed by atoms with E-state index in [-0.39, 0.29) is 11.6 Å². The maximum atomic E-state index is 11.2. The average Bonchev–Trinajstić information content (AvgIpc) is 2.61. The van der Waals surface area contributed by atoms with E-state index >= 15 is 0 Å². The number of hydrogen-bond acceptors (Lipinski definition) is 6. The fourth-order valence-corrected chi connectivity index (χ4v) is 1.97. The lowest BCUT2D eigenvalue weighted by Gasteiger charge is -1.98. The topological polar surface area (TPSA) is 80.9 Å². The number of nitrogens with two attached hydrogens (primary N) is 1. The number of Topliss-reactive ketones (excluding diaryl/α,β-unsaturated/α-hetero) is 1. The van der Waals surface area contributed by atoms with Gasteiger partial charge in [0.05, 0.1) is 0 Å². The molecule has 16 heavy (non-hydrogen) atoms. The number of nitrogen functional groups attached to an aromatic ring is 1. The highest BCUT2D eigenvalue weighted by molar-refractivity contribution is 7.18. The predicted octanol–water partition coefficient (Wildman–Crippen LogP) is 2.07. The number of carbonyl (C=O) groups is 1. The minimum absolute atomic E-state index is 0.0796. The van der Waals surface area contributed by atoms with Crippen LogP contribution in [0, 0.1) is 0 Å². The molecule has 0 amide bonds. The second kappa shape index (κ2) is 4.28. The van der Waals surface area contributed by atoms with E-state index in [0.29, 0.717) is 15.8 Å². The molecule has 0 atom stereocenters. The van der Waals surface area contributed by atoms with Crippen molar-refractivity contribution in [3.8, 4) is 0 Å². The minimum atomic E-state index is -0.0796. The number of nitrogens with one attached hydrogen (secondary N) is 1. The number of pyridine rings is 1. The Morgan fingerprint density at radius 3 is 2.88 bits per heavy atom. The molecule has 0 aliphatic heterocycles. The molecule has 0 unspecified atom stereocenters. The van der Waals surface area contributed by atoms with E-state index in [1.165, 1.54) is 18.3 Å². The van der Waals surface area contributed by atoms with Crippen LogP contribution in [-0.4, -0.2) is 15.8 Å². The van der Waals surface area contributed by atoms with E-state index < -0.39 is 0 Å². The Balaban J connectivity index is 2.23. The molecule has 2 rings (SSSR count). The van der Waals surface area contributed by atoms with Gasteiger partial charge in [0.25, 0.3) is 0 Å². The van der Waals surface area contributed by atoms with Crippen LogP contribution in [0.5, 0.6) is 0 Å². The zero-order valence-corrected chi connectivity index (χ0v) is 9.41. The fourth-order valence-electron chi connectivity index (χ4n) is 1.18. The molecule has 5 nitrogen and oxygen atoms in total. The molecule has 82 valence electrons. The molecule has 0 radical (unpaired) electrons. The van der Waals surface area contributed by atoms with E-state index in [0.717, 1.165) is 0 Å². The number of hydrogen-bond donors (Lipinski definition) is 2. The molecule has 0 saturated heterocycles. The molecular weight excluding hydrogens is 224 g/mol. The SMILES string of the molecule is CC(=O)c1sc(Nc2ccccn2)nc1N. The number of carbonyl (C=O) groups excluding carboxylic acids is 1. The van der Waals surface area contributed by atoms with Gasteiger partial charge in [-0.2, -0.15) is 0 Å². The molecule has 0 fully saturated rings. The maximum absolute atomic E-state index is 11.2. The Bertz CT molecular complexity index is 509. The molecular formula is C10H10N4OS. The summed E-state index contributed by atoms with van der Waals surface area (Å²) in [5.41, 5.74) is 5.61. The monoisotopic (exact) mass is 234 g/mol. The summed E-state index contributed by atoms with van der Waals surface area (Å²) in [6.07, 6.45) is 1.67. The quantitative estimate of drug-likeness (QED) is 0.794. The Morgan fingerprint density at radius 1 is 1.50 bits per heavy atom. The van der Waals surface area contributed by atoms with Gasteiger partial charge in [0.2, 0.25) is 0 Å². The Hall–Kier alpha value is -1.95. The fraction of sp³-hybridized carbons (Fsp3) is 0.100.